The average molecular weight is 292 g/mol. The van der Waals surface area contributed by atoms with Crippen LogP contribution in [0.4, 0.5) is 5.69 Å². The van der Waals surface area contributed by atoms with Gasteiger partial charge in [0.25, 0.3) is 0 Å². The summed E-state index contributed by atoms with van der Waals surface area (Å²) in [4.78, 5) is 0. The first-order valence-electron chi connectivity index (χ1n) is 6.48. The number of halogens is 1. The Morgan fingerprint density at radius 2 is 1.85 bits per heavy atom. The van der Waals surface area contributed by atoms with Crippen LogP contribution in [0.3, 0.4) is 0 Å². The van der Waals surface area contributed by atoms with Gasteiger partial charge in [-0.3, -0.25) is 0 Å². The van der Waals surface area contributed by atoms with Gasteiger partial charge >= 0.3 is 0 Å². The van der Waals surface area contributed by atoms with E-state index in [0.717, 1.165) is 28.6 Å². The summed E-state index contributed by atoms with van der Waals surface area (Å²) in [5, 5.41) is 4.10. The van der Waals surface area contributed by atoms with Crippen molar-refractivity contribution in [3.05, 3.63) is 59.1 Å². The smallest absolute Gasteiger partial charge is 0.119 e. The fraction of sp³-hybridized carbons (Fsp3) is 0.250. The Balaban J connectivity index is 1.84. The highest BCUT2D eigenvalue weighted by atomic mass is 35.5. The highest BCUT2D eigenvalue weighted by molar-refractivity contribution is 6.30. The van der Waals surface area contributed by atoms with Gasteiger partial charge in [-0.15, -0.1) is 0 Å². The molecule has 3 nitrogen and oxygen atoms in total. The molecule has 0 saturated heterocycles. The molecule has 0 radical (unpaired) electrons. The van der Waals surface area contributed by atoms with Gasteiger partial charge in [0.15, 0.2) is 0 Å². The van der Waals surface area contributed by atoms with Gasteiger partial charge in [-0.25, -0.2) is 0 Å². The van der Waals surface area contributed by atoms with Crippen molar-refractivity contribution in [3.63, 3.8) is 0 Å². The molecular formula is C16H18ClNO2. The SMILES string of the molecule is COCCOc1ccc(NCc2cccc(Cl)c2)cc1. The summed E-state index contributed by atoms with van der Waals surface area (Å²) in [6.07, 6.45) is 0. The number of hydrogen-bond donors (Lipinski definition) is 1. The molecule has 0 aromatic heterocycles. The van der Waals surface area contributed by atoms with Gasteiger partial charge in [-0.2, -0.15) is 0 Å². The molecule has 2 aromatic carbocycles. The van der Waals surface area contributed by atoms with Crippen LogP contribution < -0.4 is 10.1 Å². The van der Waals surface area contributed by atoms with Gasteiger partial charge in [0, 0.05) is 24.4 Å². The molecule has 0 unspecified atom stereocenters. The van der Waals surface area contributed by atoms with E-state index in [1.165, 1.54) is 0 Å². The predicted molar refractivity (Wildman–Crippen MR) is 82.6 cm³/mol. The Morgan fingerprint density at radius 3 is 2.55 bits per heavy atom. The molecule has 4 heteroatoms. The van der Waals surface area contributed by atoms with E-state index in [2.05, 4.69) is 5.32 Å². The molecule has 0 fully saturated rings. The lowest BCUT2D eigenvalue weighted by Crippen LogP contribution is -2.04. The van der Waals surface area contributed by atoms with E-state index >= 15 is 0 Å². The van der Waals surface area contributed by atoms with Gasteiger partial charge in [0.2, 0.25) is 0 Å². The monoisotopic (exact) mass is 291 g/mol. The van der Waals surface area contributed by atoms with Crippen LogP contribution in [0.2, 0.25) is 5.02 Å². The van der Waals surface area contributed by atoms with Crippen LogP contribution in [0.25, 0.3) is 0 Å². The zero-order chi connectivity index (χ0) is 14.2. The molecular weight excluding hydrogens is 274 g/mol. The van der Waals surface area contributed by atoms with Gasteiger partial charge in [0.05, 0.1) is 6.61 Å². The predicted octanol–water partition coefficient (Wildman–Crippen LogP) is 3.98. The highest BCUT2D eigenvalue weighted by Gasteiger charge is 1.97. The second-order valence-corrected chi connectivity index (χ2v) is 4.79. The van der Waals surface area contributed by atoms with E-state index in [1.54, 1.807) is 7.11 Å². The second-order valence-electron chi connectivity index (χ2n) is 4.35. The number of methoxy groups -OCH3 is 1. The van der Waals surface area contributed by atoms with Crippen molar-refractivity contribution in [2.45, 2.75) is 6.54 Å². The molecule has 0 aliphatic heterocycles. The molecule has 0 amide bonds. The van der Waals surface area contributed by atoms with Crippen molar-refractivity contribution in [1.29, 1.82) is 0 Å². The maximum atomic E-state index is 5.95. The fourth-order valence-electron chi connectivity index (χ4n) is 1.76. The minimum Gasteiger partial charge on any atom is -0.491 e. The normalized spacial score (nSPS) is 10.3. The van der Waals surface area contributed by atoms with Crippen molar-refractivity contribution in [2.24, 2.45) is 0 Å². The third kappa shape index (κ3) is 4.76. The standard InChI is InChI=1S/C16H18ClNO2/c1-19-9-10-20-16-7-5-15(6-8-16)18-12-13-3-2-4-14(17)11-13/h2-8,11,18H,9-10,12H2,1H3. The molecule has 20 heavy (non-hydrogen) atoms. The quantitative estimate of drug-likeness (QED) is 0.783. The minimum absolute atomic E-state index is 0.561. The molecule has 106 valence electrons. The van der Waals surface area contributed by atoms with E-state index in [0.29, 0.717) is 13.2 Å². The molecule has 2 rings (SSSR count). The molecule has 0 saturated carbocycles. The lowest BCUT2D eigenvalue weighted by molar-refractivity contribution is 0.146. The Morgan fingerprint density at radius 1 is 1.05 bits per heavy atom. The Hall–Kier alpha value is -1.71. The second kappa shape index (κ2) is 7.78. The number of hydrogen-bond acceptors (Lipinski definition) is 3. The average Bonchev–Trinajstić information content (AvgIpc) is 2.47. The molecule has 0 spiro atoms. The Labute approximate surface area is 124 Å². The molecule has 2 aromatic rings. The molecule has 1 N–H and O–H groups in total. The summed E-state index contributed by atoms with van der Waals surface area (Å²) in [6, 6.07) is 15.7. The van der Waals surface area contributed by atoms with E-state index < -0.39 is 0 Å². The fourth-order valence-corrected chi connectivity index (χ4v) is 1.98. The van der Waals surface area contributed by atoms with Gasteiger partial charge in [0.1, 0.15) is 12.4 Å². The van der Waals surface area contributed by atoms with E-state index in [-0.39, 0.29) is 0 Å². The summed E-state index contributed by atoms with van der Waals surface area (Å²) in [5.41, 5.74) is 2.20. The number of rotatable bonds is 7. The third-order valence-electron chi connectivity index (χ3n) is 2.80. The number of anilines is 1. The summed E-state index contributed by atoms with van der Waals surface area (Å²) < 4.78 is 10.4. The van der Waals surface area contributed by atoms with Gasteiger partial charge in [-0.1, -0.05) is 23.7 Å². The lowest BCUT2D eigenvalue weighted by atomic mass is 10.2. The van der Waals surface area contributed by atoms with E-state index in [4.69, 9.17) is 21.1 Å². The molecule has 0 heterocycles. The highest BCUT2D eigenvalue weighted by Crippen LogP contribution is 2.17. The summed E-state index contributed by atoms with van der Waals surface area (Å²) in [5.74, 6) is 0.843. The van der Waals surface area contributed by atoms with Crippen LogP contribution in [-0.2, 0) is 11.3 Å². The summed E-state index contributed by atoms with van der Waals surface area (Å²) >= 11 is 5.95. The van der Waals surface area contributed by atoms with Crippen LogP contribution in [-0.4, -0.2) is 20.3 Å². The van der Waals surface area contributed by atoms with Crippen molar-refractivity contribution in [2.75, 3.05) is 25.6 Å². The molecule has 0 bridgehead atoms. The summed E-state index contributed by atoms with van der Waals surface area (Å²) in [6.45, 7) is 1.89. The lowest BCUT2D eigenvalue weighted by Gasteiger charge is -2.09. The van der Waals surface area contributed by atoms with Crippen molar-refractivity contribution < 1.29 is 9.47 Å². The van der Waals surface area contributed by atoms with Crippen LogP contribution >= 0.6 is 11.6 Å². The molecule has 0 aliphatic carbocycles. The first kappa shape index (κ1) is 14.7. The molecule has 0 atom stereocenters. The number of benzene rings is 2. The van der Waals surface area contributed by atoms with Crippen molar-refractivity contribution in [1.82, 2.24) is 0 Å². The van der Waals surface area contributed by atoms with Crippen LogP contribution in [0, 0.1) is 0 Å². The Kier molecular flexibility index (Phi) is 5.71. The van der Waals surface area contributed by atoms with Crippen molar-refractivity contribution >= 4 is 17.3 Å². The number of nitrogens with one attached hydrogen (secondary N) is 1. The topological polar surface area (TPSA) is 30.5 Å². The van der Waals surface area contributed by atoms with Gasteiger partial charge < -0.3 is 14.8 Å². The molecule has 0 aliphatic rings. The minimum atomic E-state index is 0.561. The number of ether oxygens (including phenoxy) is 2. The van der Waals surface area contributed by atoms with E-state index in [9.17, 15) is 0 Å². The van der Waals surface area contributed by atoms with Crippen LogP contribution in [0.1, 0.15) is 5.56 Å². The zero-order valence-electron chi connectivity index (χ0n) is 11.4. The first-order chi connectivity index (χ1) is 9.78. The van der Waals surface area contributed by atoms with Gasteiger partial charge in [-0.05, 0) is 42.0 Å². The first-order valence-corrected chi connectivity index (χ1v) is 6.86. The summed E-state index contributed by atoms with van der Waals surface area (Å²) in [7, 11) is 1.66. The third-order valence-corrected chi connectivity index (χ3v) is 3.03. The van der Waals surface area contributed by atoms with Crippen molar-refractivity contribution in [3.8, 4) is 5.75 Å². The van der Waals surface area contributed by atoms with Crippen LogP contribution in [0.15, 0.2) is 48.5 Å². The van der Waals surface area contributed by atoms with Crippen LogP contribution in [0.5, 0.6) is 5.75 Å². The van der Waals surface area contributed by atoms with E-state index in [1.807, 2.05) is 48.5 Å². The Bertz CT molecular complexity index is 528. The maximum Gasteiger partial charge on any atom is 0.119 e. The largest absolute Gasteiger partial charge is 0.491 e. The zero-order valence-corrected chi connectivity index (χ0v) is 12.2. The maximum absolute atomic E-state index is 5.95.